The summed E-state index contributed by atoms with van der Waals surface area (Å²) in [6, 6.07) is 12.5. The van der Waals surface area contributed by atoms with E-state index in [1.165, 1.54) is 16.7 Å². The van der Waals surface area contributed by atoms with Gasteiger partial charge in [-0.3, -0.25) is 0 Å². The van der Waals surface area contributed by atoms with E-state index >= 15 is 0 Å². The summed E-state index contributed by atoms with van der Waals surface area (Å²) < 4.78 is 1.09. The molecule has 0 spiro atoms. The molecule has 0 aliphatic rings. The van der Waals surface area contributed by atoms with Crippen LogP contribution >= 0.6 is 43.5 Å². The molecule has 94 valence electrons. The van der Waals surface area contributed by atoms with Gasteiger partial charge in [0.2, 0.25) is 0 Å². The third-order valence-electron chi connectivity index (χ3n) is 2.98. The van der Waals surface area contributed by atoms with Crippen molar-refractivity contribution in [2.75, 3.05) is 0 Å². The normalized spacial score (nSPS) is 12.5. The fraction of sp³-hybridized carbons (Fsp3) is 0.200. The molecule has 3 heteroatoms. The second-order valence-corrected chi connectivity index (χ2v) is 6.61. The predicted octanol–water partition coefficient (Wildman–Crippen LogP) is 6.20. The van der Waals surface area contributed by atoms with Gasteiger partial charge in [-0.05, 0) is 54.3 Å². The summed E-state index contributed by atoms with van der Waals surface area (Å²) in [4.78, 5) is 0.196. The number of aryl methyl sites for hydroxylation is 2. The van der Waals surface area contributed by atoms with E-state index in [0.29, 0.717) is 0 Å². The van der Waals surface area contributed by atoms with Crippen molar-refractivity contribution in [2.24, 2.45) is 0 Å². The summed E-state index contributed by atoms with van der Waals surface area (Å²) in [6.07, 6.45) is 0. The van der Waals surface area contributed by atoms with Crippen molar-refractivity contribution in [2.45, 2.75) is 18.7 Å². The molecule has 2 aromatic carbocycles. The van der Waals surface area contributed by atoms with Crippen LogP contribution in [0, 0.1) is 13.8 Å². The minimum Gasteiger partial charge on any atom is -0.0840 e. The van der Waals surface area contributed by atoms with Crippen LogP contribution in [0.1, 0.15) is 27.1 Å². The van der Waals surface area contributed by atoms with Crippen molar-refractivity contribution in [1.29, 1.82) is 0 Å². The number of hydrogen-bond acceptors (Lipinski definition) is 0. The Hall–Kier alpha value is -0.310. The molecule has 0 N–H and O–H groups in total. The van der Waals surface area contributed by atoms with Crippen LogP contribution in [0.3, 0.4) is 0 Å². The molecule has 1 unspecified atom stereocenters. The lowest BCUT2D eigenvalue weighted by Gasteiger charge is -2.15. The molecule has 2 aromatic rings. The van der Waals surface area contributed by atoms with Crippen LogP contribution in [0.2, 0.25) is 5.02 Å². The van der Waals surface area contributed by atoms with Crippen LogP contribution in [0.25, 0.3) is 0 Å². The molecule has 0 amide bonds. The maximum absolute atomic E-state index is 6.14. The van der Waals surface area contributed by atoms with E-state index in [9.17, 15) is 0 Å². The number of benzene rings is 2. The highest BCUT2D eigenvalue weighted by Crippen LogP contribution is 2.35. The molecule has 0 heterocycles. The van der Waals surface area contributed by atoms with Gasteiger partial charge >= 0.3 is 0 Å². The Balaban J connectivity index is 2.42. The van der Waals surface area contributed by atoms with Gasteiger partial charge in [-0.25, -0.2) is 0 Å². The lowest BCUT2D eigenvalue weighted by atomic mass is 9.98. The molecule has 2 rings (SSSR count). The molecule has 1 atom stereocenters. The van der Waals surface area contributed by atoms with Gasteiger partial charge in [-0.2, -0.15) is 0 Å². The van der Waals surface area contributed by atoms with E-state index in [1.807, 2.05) is 13.0 Å². The van der Waals surface area contributed by atoms with Gasteiger partial charge in [-0.1, -0.05) is 61.7 Å². The Morgan fingerprint density at radius 2 is 1.61 bits per heavy atom. The Kier molecular flexibility index (Phi) is 4.52. The first-order chi connectivity index (χ1) is 8.49. The second kappa shape index (κ2) is 5.77. The summed E-state index contributed by atoms with van der Waals surface area (Å²) in [7, 11) is 0. The lowest BCUT2D eigenvalue weighted by molar-refractivity contribution is 1.13. The monoisotopic (exact) mass is 386 g/mol. The van der Waals surface area contributed by atoms with E-state index in [2.05, 4.69) is 69.1 Å². The fourth-order valence-electron chi connectivity index (χ4n) is 1.89. The van der Waals surface area contributed by atoms with Crippen LogP contribution in [-0.2, 0) is 0 Å². The second-order valence-electron chi connectivity index (χ2n) is 4.37. The number of halogens is 3. The van der Waals surface area contributed by atoms with Crippen LogP contribution in [0.4, 0.5) is 0 Å². The van der Waals surface area contributed by atoms with E-state index in [4.69, 9.17) is 11.6 Å². The summed E-state index contributed by atoms with van der Waals surface area (Å²) in [5.41, 5.74) is 4.82. The molecular formula is C15H13Br2Cl. The molecular weight excluding hydrogens is 375 g/mol. The zero-order valence-electron chi connectivity index (χ0n) is 10.2. The SMILES string of the molecule is Cc1cc(C(Br)c2ccc(Br)cc2)c(C)cc1Cl. The molecule has 0 aliphatic carbocycles. The summed E-state index contributed by atoms with van der Waals surface area (Å²) >= 11 is 13.4. The number of alkyl halides is 1. The summed E-state index contributed by atoms with van der Waals surface area (Å²) in [5.74, 6) is 0. The van der Waals surface area contributed by atoms with Crippen molar-refractivity contribution in [1.82, 2.24) is 0 Å². The lowest BCUT2D eigenvalue weighted by Crippen LogP contribution is -1.97. The van der Waals surface area contributed by atoms with Gasteiger partial charge in [0.05, 0.1) is 4.83 Å². The van der Waals surface area contributed by atoms with E-state index in [1.54, 1.807) is 0 Å². The first-order valence-electron chi connectivity index (χ1n) is 5.65. The van der Waals surface area contributed by atoms with Crippen molar-refractivity contribution in [3.63, 3.8) is 0 Å². The van der Waals surface area contributed by atoms with Crippen LogP contribution < -0.4 is 0 Å². The molecule has 18 heavy (non-hydrogen) atoms. The van der Waals surface area contributed by atoms with Crippen molar-refractivity contribution >= 4 is 43.5 Å². The largest absolute Gasteiger partial charge is 0.0840 e. The molecule has 0 bridgehead atoms. The maximum atomic E-state index is 6.14. The highest BCUT2D eigenvalue weighted by Gasteiger charge is 2.14. The average molecular weight is 389 g/mol. The van der Waals surface area contributed by atoms with Gasteiger partial charge < -0.3 is 0 Å². The van der Waals surface area contributed by atoms with Crippen LogP contribution in [0.5, 0.6) is 0 Å². The Morgan fingerprint density at radius 3 is 2.22 bits per heavy atom. The highest BCUT2D eigenvalue weighted by atomic mass is 79.9. The third kappa shape index (κ3) is 2.98. The minimum absolute atomic E-state index is 0.196. The number of rotatable bonds is 2. The maximum Gasteiger partial charge on any atom is 0.0647 e. The van der Waals surface area contributed by atoms with Gasteiger partial charge in [0, 0.05) is 9.50 Å². The van der Waals surface area contributed by atoms with Gasteiger partial charge in [0.25, 0.3) is 0 Å². The van der Waals surface area contributed by atoms with E-state index in [-0.39, 0.29) is 4.83 Å². The van der Waals surface area contributed by atoms with Gasteiger partial charge in [0.1, 0.15) is 0 Å². The molecule has 0 aromatic heterocycles. The first-order valence-corrected chi connectivity index (χ1v) is 7.74. The standard InChI is InChI=1S/C15H13Br2Cl/c1-9-8-14(18)10(2)7-13(9)15(17)11-3-5-12(16)6-4-11/h3-8,15H,1-2H3. The van der Waals surface area contributed by atoms with Gasteiger partial charge in [-0.15, -0.1) is 0 Å². The fourth-order valence-corrected chi connectivity index (χ4v) is 3.17. The summed E-state index contributed by atoms with van der Waals surface area (Å²) in [5, 5.41) is 0.826. The van der Waals surface area contributed by atoms with E-state index in [0.717, 1.165) is 15.1 Å². The highest BCUT2D eigenvalue weighted by molar-refractivity contribution is 9.10. The summed E-state index contributed by atoms with van der Waals surface area (Å²) in [6.45, 7) is 4.13. The zero-order valence-corrected chi connectivity index (χ0v) is 14.1. The average Bonchev–Trinajstić information content (AvgIpc) is 2.34. The molecule has 0 radical (unpaired) electrons. The Bertz CT molecular complexity index is 561. The van der Waals surface area contributed by atoms with Crippen molar-refractivity contribution in [3.8, 4) is 0 Å². The topological polar surface area (TPSA) is 0 Å². The van der Waals surface area contributed by atoms with Crippen molar-refractivity contribution < 1.29 is 0 Å². The minimum atomic E-state index is 0.196. The predicted molar refractivity (Wildman–Crippen MR) is 85.8 cm³/mol. The Labute approximate surface area is 130 Å². The first kappa shape index (κ1) is 14.1. The van der Waals surface area contributed by atoms with Gasteiger partial charge in [0.15, 0.2) is 0 Å². The van der Waals surface area contributed by atoms with Crippen molar-refractivity contribution in [3.05, 3.63) is 68.1 Å². The molecule has 0 saturated carbocycles. The molecule has 0 aliphatic heterocycles. The Morgan fingerprint density at radius 1 is 1.00 bits per heavy atom. The quantitative estimate of drug-likeness (QED) is 0.537. The third-order valence-corrected chi connectivity index (χ3v) is 4.94. The van der Waals surface area contributed by atoms with E-state index < -0.39 is 0 Å². The number of hydrogen-bond donors (Lipinski definition) is 0. The molecule has 0 saturated heterocycles. The zero-order chi connectivity index (χ0) is 13.3. The smallest absolute Gasteiger partial charge is 0.0647 e. The molecule has 0 fully saturated rings. The molecule has 0 nitrogen and oxygen atoms in total. The van der Waals surface area contributed by atoms with Crippen LogP contribution in [-0.4, -0.2) is 0 Å². The van der Waals surface area contributed by atoms with Crippen LogP contribution in [0.15, 0.2) is 40.9 Å².